The van der Waals surface area contributed by atoms with Crippen molar-refractivity contribution in [3.8, 4) is 0 Å². The van der Waals surface area contributed by atoms with E-state index in [2.05, 4.69) is 21.3 Å². The van der Waals surface area contributed by atoms with Gasteiger partial charge in [0, 0.05) is 25.7 Å². The summed E-state index contributed by atoms with van der Waals surface area (Å²) in [5.41, 5.74) is 0. The number of rotatable bonds is 16. The zero-order chi connectivity index (χ0) is 32.3. The molecule has 4 atom stereocenters. The Morgan fingerprint density at radius 1 is 0.860 bits per heavy atom. The van der Waals surface area contributed by atoms with Crippen LogP contribution >= 0.6 is 0 Å². The first-order valence-corrected chi connectivity index (χ1v) is 15.0. The van der Waals surface area contributed by atoms with E-state index < -0.39 is 72.7 Å². The Balaban J connectivity index is 2.25. The Bertz CT molecular complexity index is 1040. The maximum absolute atomic E-state index is 13.6. The van der Waals surface area contributed by atoms with Crippen molar-refractivity contribution in [2.45, 2.75) is 109 Å². The monoisotopic (exact) mass is 610 g/mol. The Kier molecular flexibility index (Phi) is 13.7. The van der Waals surface area contributed by atoms with Gasteiger partial charge in [-0.3, -0.25) is 24.0 Å². The van der Waals surface area contributed by atoms with Crippen molar-refractivity contribution in [1.29, 1.82) is 0 Å². The van der Waals surface area contributed by atoms with Crippen LogP contribution in [0.15, 0.2) is 0 Å². The summed E-state index contributed by atoms with van der Waals surface area (Å²) in [5, 5.41) is 29.0. The number of hydrogen-bond acceptors (Lipinski definition) is 7. The first kappa shape index (κ1) is 35.3. The molecule has 15 nitrogen and oxygen atoms in total. The fraction of sp³-hybridized carbons (Fsp3) is 0.750. The number of nitrogens with one attached hydrogen (secondary N) is 4. The third-order valence-corrected chi connectivity index (χ3v) is 7.71. The standard InChI is InChI=1S/C28H46N6O9/c1-5-17(6-2)29-28(43)32-18-9-12-34(26(18)40)21(15-22(35)33-10-7-8-11-33)25(39)30-19(14-23(36)37)24(38)31-20(27(41)42)13-16(3)4/h16-21H,5-15H2,1-4H3,(H,30,39)(H,31,38)(H,36,37)(H,41,42)(H2,29,32,43). The number of carbonyl (C=O) groups excluding carboxylic acids is 5. The van der Waals surface area contributed by atoms with Gasteiger partial charge in [-0.15, -0.1) is 0 Å². The topological polar surface area (TPSA) is 215 Å². The van der Waals surface area contributed by atoms with Gasteiger partial charge in [0.1, 0.15) is 24.2 Å². The van der Waals surface area contributed by atoms with Crippen molar-refractivity contribution >= 4 is 41.6 Å². The van der Waals surface area contributed by atoms with Crippen LogP contribution in [0, 0.1) is 5.92 Å². The Morgan fingerprint density at radius 2 is 1.47 bits per heavy atom. The first-order valence-electron chi connectivity index (χ1n) is 15.0. The number of nitrogens with zero attached hydrogens (tertiary/aromatic N) is 2. The van der Waals surface area contributed by atoms with Crippen LogP contribution in [0.25, 0.3) is 0 Å². The summed E-state index contributed by atoms with van der Waals surface area (Å²) >= 11 is 0. The molecule has 2 saturated heterocycles. The fourth-order valence-corrected chi connectivity index (χ4v) is 5.25. The highest BCUT2D eigenvalue weighted by Crippen LogP contribution is 2.20. The van der Waals surface area contributed by atoms with E-state index in [0.717, 1.165) is 12.8 Å². The molecule has 0 aromatic heterocycles. The third kappa shape index (κ3) is 10.7. The second-order valence-corrected chi connectivity index (χ2v) is 11.5. The van der Waals surface area contributed by atoms with Gasteiger partial charge in [-0.2, -0.15) is 0 Å². The summed E-state index contributed by atoms with van der Waals surface area (Å²) < 4.78 is 0. The van der Waals surface area contributed by atoms with Crippen LogP contribution in [0.1, 0.15) is 79.1 Å². The Morgan fingerprint density at radius 3 is 2.00 bits per heavy atom. The van der Waals surface area contributed by atoms with Crippen LogP contribution in [-0.2, 0) is 28.8 Å². The minimum absolute atomic E-state index is 0.0331. The lowest BCUT2D eigenvalue weighted by Crippen LogP contribution is -2.58. The number of carboxylic acid groups (broad SMARTS) is 2. The molecule has 2 fully saturated rings. The smallest absolute Gasteiger partial charge is 0.326 e. The quantitative estimate of drug-likeness (QED) is 0.139. The zero-order valence-corrected chi connectivity index (χ0v) is 25.4. The minimum Gasteiger partial charge on any atom is -0.481 e. The molecule has 0 aromatic carbocycles. The fourth-order valence-electron chi connectivity index (χ4n) is 5.25. The highest BCUT2D eigenvalue weighted by molar-refractivity contribution is 5.98. The maximum atomic E-state index is 13.6. The van der Waals surface area contributed by atoms with Crippen molar-refractivity contribution in [1.82, 2.24) is 31.1 Å². The van der Waals surface area contributed by atoms with Crippen LogP contribution in [0.2, 0.25) is 0 Å². The highest BCUT2D eigenvalue weighted by Gasteiger charge is 2.42. The summed E-state index contributed by atoms with van der Waals surface area (Å²) in [7, 11) is 0. The molecular weight excluding hydrogens is 564 g/mol. The van der Waals surface area contributed by atoms with Crippen molar-refractivity contribution in [3.63, 3.8) is 0 Å². The molecule has 0 aromatic rings. The van der Waals surface area contributed by atoms with Gasteiger partial charge in [0.25, 0.3) is 0 Å². The van der Waals surface area contributed by atoms with E-state index in [1.54, 1.807) is 18.7 Å². The van der Waals surface area contributed by atoms with Crippen LogP contribution in [0.4, 0.5) is 4.79 Å². The molecule has 2 aliphatic rings. The molecular formula is C28H46N6O9. The van der Waals surface area contributed by atoms with Gasteiger partial charge in [-0.05, 0) is 44.4 Å². The molecule has 6 amide bonds. The van der Waals surface area contributed by atoms with Crippen molar-refractivity contribution in [2.24, 2.45) is 5.92 Å². The van der Waals surface area contributed by atoms with E-state index in [0.29, 0.717) is 25.9 Å². The predicted octanol–water partition coefficient (Wildman–Crippen LogP) is 0.0312. The molecule has 43 heavy (non-hydrogen) atoms. The van der Waals surface area contributed by atoms with E-state index in [4.69, 9.17) is 0 Å². The molecule has 2 rings (SSSR count). The summed E-state index contributed by atoms with van der Waals surface area (Å²) in [4.78, 5) is 91.5. The van der Waals surface area contributed by atoms with Gasteiger partial charge in [-0.25, -0.2) is 9.59 Å². The second kappa shape index (κ2) is 16.7. The molecule has 2 heterocycles. The lowest BCUT2D eigenvalue weighted by molar-refractivity contribution is -0.146. The van der Waals surface area contributed by atoms with E-state index in [1.165, 1.54) is 4.90 Å². The van der Waals surface area contributed by atoms with Gasteiger partial charge in [0.15, 0.2) is 0 Å². The number of likely N-dealkylation sites (tertiary alicyclic amines) is 2. The number of aliphatic carboxylic acids is 2. The molecule has 0 aliphatic carbocycles. The van der Waals surface area contributed by atoms with Crippen LogP contribution in [0.3, 0.4) is 0 Å². The van der Waals surface area contributed by atoms with E-state index >= 15 is 0 Å². The van der Waals surface area contributed by atoms with Gasteiger partial charge in [-0.1, -0.05) is 27.7 Å². The molecule has 4 unspecified atom stereocenters. The lowest BCUT2D eigenvalue weighted by Gasteiger charge is -2.30. The van der Waals surface area contributed by atoms with E-state index in [9.17, 15) is 43.8 Å². The summed E-state index contributed by atoms with van der Waals surface area (Å²) in [6, 6.07) is -5.92. The number of urea groups is 1. The number of carboxylic acids is 2. The largest absolute Gasteiger partial charge is 0.481 e. The maximum Gasteiger partial charge on any atom is 0.326 e. The van der Waals surface area contributed by atoms with Gasteiger partial charge < -0.3 is 41.3 Å². The van der Waals surface area contributed by atoms with Crippen molar-refractivity contribution in [3.05, 3.63) is 0 Å². The molecule has 6 N–H and O–H groups in total. The van der Waals surface area contributed by atoms with Gasteiger partial charge >= 0.3 is 18.0 Å². The predicted molar refractivity (Wildman–Crippen MR) is 154 cm³/mol. The van der Waals surface area contributed by atoms with Crippen LogP contribution in [0.5, 0.6) is 0 Å². The third-order valence-electron chi connectivity index (χ3n) is 7.71. The molecule has 0 saturated carbocycles. The van der Waals surface area contributed by atoms with E-state index in [1.807, 2.05) is 13.8 Å². The number of carbonyl (C=O) groups is 7. The Hall–Kier alpha value is -3.91. The zero-order valence-electron chi connectivity index (χ0n) is 25.4. The molecule has 242 valence electrons. The molecule has 0 bridgehead atoms. The van der Waals surface area contributed by atoms with E-state index in [-0.39, 0.29) is 37.3 Å². The average molecular weight is 611 g/mol. The summed E-state index contributed by atoms with van der Waals surface area (Å²) in [6.45, 7) is 8.38. The average Bonchev–Trinajstić information content (AvgIpc) is 3.59. The van der Waals surface area contributed by atoms with Gasteiger partial charge in [0.2, 0.25) is 23.6 Å². The normalized spacial score (nSPS) is 18.7. The first-order chi connectivity index (χ1) is 20.3. The SMILES string of the molecule is CCC(CC)NC(=O)NC1CCN(C(CC(=O)N2CCCC2)C(=O)NC(CC(=O)O)C(=O)NC(CC(C)C)C(=O)O)C1=O. The molecule has 2 aliphatic heterocycles. The molecule has 0 radical (unpaired) electrons. The summed E-state index contributed by atoms with van der Waals surface area (Å²) in [6.07, 6.45) is 1.98. The van der Waals surface area contributed by atoms with Crippen LogP contribution < -0.4 is 21.3 Å². The highest BCUT2D eigenvalue weighted by atomic mass is 16.4. The van der Waals surface area contributed by atoms with Crippen molar-refractivity contribution < 1.29 is 43.8 Å². The van der Waals surface area contributed by atoms with Crippen molar-refractivity contribution in [2.75, 3.05) is 19.6 Å². The second-order valence-electron chi connectivity index (χ2n) is 11.5. The lowest BCUT2D eigenvalue weighted by atomic mass is 10.0. The molecule has 15 heteroatoms. The Labute approximate surface area is 251 Å². The van der Waals surface area contributed by atoms with Crippen LogP contribution in [-0.4, -0.2) is 111 Å². The molecule has 0 spiro atoms. The summed E-state index contributed by atoms with van der Waals surface area (Å²) in [5.74, 6) is -5.75. The number of hydrogen-bond donors (Lipinski definition) is 6. The number of amides is 6. The van der Waals surface area contributed by atoms with Gasteiger partial charge in [0.05, 0.1) is 12.8 Å². The minimum atomic E-state index is -1.67.